The molecule has 0 saturated carbocycles. The van der Waals surface area contributed by atoms with Crippen LogP contribution >= 0.6 is 0 Å². The van der Waals surface area contributed by atoms with Gasteiger partial charge in [0.2, 0.25) is 5.88 Å². The molecule has 1 atom stereocenters. The molecular weight excluding hydrogens is 433 g/mol. The predicted molar refractivity (Wildman–Crippen MR) is 118 cm³/mol. The van der Waals surface area contributed by atoms with Crippen molar-refractivity contribution >= 4 is 11.7 Å². The zero-order valence-electron chi connectivity index (χ0n) is 17.7. The van der Waals surface area contributed by atoms with Gasteiger partial charge in [-0.25, -0.2) is 22.9 Å². The molecule has 0 spiro atoms. The maximum atomic E-state index is 13.5. The number of anilines is 1. The SMILES string of the molecule is O=C(NCc1cccnc1Oc1cccc(F)c1)NCC1CCN(c2ccc(F)c(F)c2)C1. The van der Waals surface area contributed by atoms with Gasteiger partial charge in [-0.05, 0) is 42.7 Å². The molecule has 172 valence electrons. The minimum atomic E-state index is -0.871. The van der Waals surface area contributed by atoms with E-state index < -0.39 is 17.5 Å². The van der Waals surface area contributed by atoms with Crippen molar-refractivity contribution < 1.29 is 22.7 Å². The molecule has 0 radical (unpaired) electrons. The molecule has 0 bridgehead atoms. The largest absolute Gasteiger partial charge is 0.439 e. The summed E-state index contributed by atoms with van der Waals surface area (Å²) in [6.07, 6.45) is 2.38. The number of carbonyl (C=O) groups is 1. The van der Waals surface area contributed by atoms with Crippen LogP contribution in [0.3, 0.4) is 0 Å². The van der Waals surface area contributed by atoms with E-state index in [1.807, 2.05) is 4.90 Å². The van der Waals surface area contributed by atoms with Crippen LogP contribution in [0.15, 0.2) is 60.8 Å². The van der Waals surface area contributed by atoms with Crippen LogP contribution in [-0.4, -0.2) is 30.6 Å². The lowest BCUT2D eigenvalue weighted by atomic mass is 10.1. The number of aromatic nitrogens is 1. The summed E-state index contributed by atoms with van der Waals surface area (Å²) in [5, 5.41) is 5.61. The topological polar surface area (TPSA) is 66.5 Å². The fourth-order valence-electron chi connectivity index (χ4n) is 3.68. The third-order valence-corrected chi connectivity index (χ3v) is 5.41. The fourth-order valence-corrected chi connectivity index (χ4v) is 3.68. The first-order valence-corrected chi connectivity index (χ1v) is 10.6. The maximum Gasteiger partial charge on any atom is 0.315 e. The van der Waals surface area contributed by atoms with Crippen molar-refractivity contribution in [2.24, 2.45) is 5.92 Å². The van der Waals surface area contributed by atoms with E-state index in [0.717, 1.165) is 12.5 Å². The first-order valence-electron chi connectivity index (χ1n) is 10.6. The number of hydrogen-bond donors (Lipinski definition) is 2. The van der Waals surface area contributed by atoms with Crippen LogP contribution in [0.1, 0.15) is 12.0 Å². The van der Waals surface area contributed by atoms with Crippen LogP contribution in [-0.2, 0) is 6.54 Å². The van der Waals surface area contributed by atoms with Gasteiger partial charge in [0.25, 0.3) is 0 Å². The summed E-state index contributed by atoms with van der Waals surface area (Å²) >= 11 is 0. The number of halogens is 3. The van der Waals surface area contributed by atoms with Crippen LogP contribution in [0.4, 0.5) is 23.7 Å². The average Bonchev–Trinajstić information content (AvgIpc) is 3.28. The highest BCUT2D eigenvalue weighted by atomic mass is 19.2. The van der Waals surface area contributed by atoms with Gasteiger partial charge < -0.3 is 20.3 Å². The third kappa shape index (κ3) is 5.94. The van der Waals surface area contributed by atoms with Gasteiger partial charge in [-0.1, -0.05) is 12.1 Å². The lowest BCUT2D eigenvalue weighted by Gasteiger charge is -2.19. The van der Waals surface area contributed by atoms with Gasteiger partial charge in [-0.15, -0.1) is 0 Å². The van der Waals surface area contributed by atoms with Crippen molar-refractivity contribution in [3.05, 3.63) is 83.8 Å². The van der Waals surface area contributed by atoms with Crippen LogP contribution in [0.2, 0.25) is 0 Å². The number of hydrogen-bond acceptors (Lipinski definition) is 4. The van der Waals surface area contributed by atoms with Crippen molar-refractivity contribution in [3.63, 3.8) is 0 Å². The molecule has 2 aromatic carbocycles. The van der Waals surface area contributed by atoms with Gasteiger partial charge in [0.05, 0.1) is 0 Å². The molecule has 1 aromatic heterocycles. The molecule has 2 amide bonds. The second kappa shape index (κ2) is 10.2. The molecular formula is C24H23F3N4O2. The molecule has 2 heterocycles. The Bertz CT molecular complexity index is 1130. The second-order valence-electron chi connectivity index (χ2n) is 7.79. The second-order valence-corrected chi connectivity index (χ2v) is 7.79. The Labute approximate surface area is 189 Å². The fraction of sp³-hybridized carbons (Fsp3) is 0.250. The molecule has 1 fully saturated rings. The molecule has 2 N–H and O–H groups in total. The van der Waals surface area contributed by atoms with E-state index in [0.29, 0.717) is 36.6 Å². The smallest absolute Gasteiger partial charge is 0.315 e. The number of amides is 2. The van der Waals surface area contributed by atoms with Crippen molar-refractivity contribution in [1.82, 2.24) is 15.6 Å². The van der Waals surface area contributed by atoms with Crippen molar-refractivity contribution in [2.45, 2.75) is 13.0 Å². The quantitative estimate of drug-likeness (QED) is 0.545. The maximum absolute atomic E-state index is 13.5. The number of benzene rings is 2. The summed E-state index contributed by atoms with van der Waals surface area (Å²) in [6, 6.07) is 12.7. The Morgan fingerprint density at radius 1 is 1.06 bits per heavy atom. The molecule has 1 aliphatic heterocycles. The molecule has 1 aliphatic rings. The molecule has 1 unspecified atom stereocenters. The first kappa shape index (κ1) is 22.4. The minimum Gasteiger partial charge on any atom is -0.439 e. The molecule has 33 heavy (non-hydrogen) atoms. The monoisotopic (exact) mass is 456 g/mol. The Morgan fingerprint density at radius 2 is 1.94 bits per heavy atom. The number of nitrogens with zero attached hydrogens (tertiary/aromatic N) is 2. The molecule has 4 rings (SSSR count). The standard InChI is InChI=1S/C24H23F3N4O2/c25-18-4-1-5-20(11-18)33-23-17(3-2-9-28-23)14-30-24(32)29-13-16-8-10-31(15-16)19-6-7-21(26)22(27)12-19/h1-7,9,11-12,16H,8,10,13-15H2,(H2,29,30,32). The molecule has 1 saturated heterocycles. The molecule has 3 aromatic rings. The van der Waals surface area contributed by atoms with Crippen molar-refractivity contribution in [2.75, 3.05) is 24.5 Å². The molecule has 0 aliphatic carbocycles. The number of pyridine rings is 1. The summed E-state index contributed by atoms with van der Waals surface area (Å²) in [7, 11) is 0. The van der Waals surface area contributed by atoms with Crippen LogP contribution in [0.25, 0.3) is 0 Å². The summed E-state index contributed by atoms with van der Waals surface area (Å²) < 4.78 is 45.7. The Kier molecular flexibility index (Phi) is 6.97. The Morgan fingerprint density at radius 3 is 2.76 bits per heavy atom. The van der Waals surface area contributed by atoms with E-state index in [-0.39, 0.29) is 24.4 Å². The Balaban J connectivity index is 1.25. The number of nitrogens with one attached hydrogen (secondary N) is 2. The van der Waals surface area contributed by atoms with Crippen molar-refractivity contribution in [3.8, 4) is 11.6 Å². The van der Waals surface area contributed by atoms with E-state index in [1.165, 1.54) is 24.3 Å². The van der Waals surface area contributed by atoms with E-state index >= 15 is 0 Å². The highest BCUT2D eigenvalue weighted by Gasteiger charge is 2.24. The summed E-state index contributed by atoms with van der Waals surface area (Å²) in [4.78, 5) is 18.4. The number of ether oxygens (including phenoxy) is 1. The van der Waals surface area contributed by atoms with Gasteiger partial charge in [0.15, 0.2) is 11.6 Å². The number of carbonyl (C=O) groups excluding carboxylic acids is 1. The zero-order valence-corrected chi connectivity index (χ0v) is 17.7. The molecule has 6 nitrogen and oxygen atoms in total. The van der Waals surface area contributed by atoms with Gasteiger partial charge in [0.1, 0.15) is 11.6 Å². The third-order valence-electron chi connectivity index (χ3n) is 5.41. The lowest BCUT2D eigenvalue weighted by Crippen LogP contribution is -2.38. The molecule has 9 heteroatoms. The van der Waals surface area contributed by atoms with Crippen molar-refractivity contribution in [1.29, 1.82) is 0 Å². The first-order chi connectivity index (χ1) is 16.0. The van der Waals surface area contributed by atoms with E-state index in [4.69, 9.17) is 4.74 Å². The number of rotatable bonds is 7. The van der Waals surface area contributed by atoms with Crippen LogP contribution in [0.5, 0.6) is 11.6 Å². The van der Waals surface area contributed by atoms with E-state index in [9.17, 15) is 18.0 Å². The Hall–Kier alpha value is -3.75. The van der Waals surface area contributed by atoms with E-state index in [2.05, 4.69) is 15.6 Å². The summed E-state index contributed by atoms with van der Waals surface area (Å²) in [6.45, 7) is 1.97. The zero-order chi connectivity index (χ0) is 23.2. The van der Waals surface area contributed by atoms with Gasteiger partial charge in [0, 0.05) is 55.8 Å². The predicted octanol–water partition coefficient (Wildman–Crippen LogP) is 4.62. The van der Waals surface area contributed by atoms with Gasteiger partial charge >= 0.3 is 6.03 Å². The normalized spacial score (nSPS) is 15.4. The van der Waals surface area contributed by atoms with Gasteiger partial charge in [-0.3, -0.25) is 0 Å². The minimum absolute atomic E-state index is 0.177. The average molecular weight is 456 g/mol. The van der Waals surface area contributed by atoms with Crippen LogP contribution < -0.4 is 20.3 Å². The highest BCUT2D eigenvalue weighted by Crippen LogP contribution is 2.25. The summed E-state index contributed by atoms with van der Waals surface area (Å²) in [5.41, 5.74) is 1.27. The summed E-state index contributed by atoms with van der Waals surface area (Å²) in [5.74, 6) is -1.38. The lowest BCUT2D eigenvalue weighted by molar-refractivity contribution is 0.239. The number of urea groups is 1. The van der Waals surface area contributed by atoms with Crippen LogP contribution in [0, 0.1) is 23.4 Å². The highest BCUT2D eigenvalue weighted by molar-refractivity contribution is 5.73. The van der Waals surface area contributed by atoms with E-state index in [1.54, 1.807) is 30.5 Å². The van der Waals surface area contributed by atoms with Gasteiger partial charge in [-0.2, -0.15) is 0 Å².